The normalized spacial score (nSPS) is 16.0. The van der Waals surface area contributed by atoms with Crippen LogP contribution in [0.5, 0.6) is 0 Å². The number of nitrogens with two attached hydrogens (primary N) is 1. The van der Waals surface area contributed by atoms with Crippen molar-refractivity contribution in [2.24, 2.45) is 0 Å². The predicted molar refractivity (Wildman–Crippen MR) is 133 cm³/mol. The van der Waals surface area contributed by atoms with E-state index in [4.69, 9.17) is 10.5 Å². The third-order valence-corrected chi connectivity index (χ3v) is 6.35. The van der Waals surface area contributed by atoms with Crippen LogP contribution in [0.15, 0.2) is 24.3 Å². The van der Waals surface area contributed by atoms with Crippen molar-refractivity contribution < 1.29 is 14.5 Å². The summed E-state index contributed by atoms with van der Waals surface area (Å²) in [5.74, 6) is -0.326. The molecule has 1 aromatic carbocycles. The van der Waals surface area contributed by atoms with Crippen molar-refractivity contribution in [3.05, 3.63) is 45.5 Å². The molecule has 188 valence electrons. The number of nitrogen functional groups attached to an aromatic ring is 1. The Kier molecular flexibility index (Phi) is 7.96. The molecule has 0 radical (unpaired) electrons. The van der Waals surface area contributed by atoms with Gasteiger partial charge in [0.15, 0.2) is 0 Å². The van der Waals surface area contributed by atoms with E-state index in [1.54, 1.807) is 11.8 Å². The molecule has 2 aliphatic rings. The van der Waals surface area contributed by atoms with E-state index >= 15 is 0 Å². The van der Waals surface area contributed by atoms with E-state index < -0.39 is 16.6 Å². The van der Waals surface area contributed by atoms with Gasteiger partial charge in [-0.15, -0.1) is 0 Å². The van der Waals surface area contributed by atoms with Crippen molar-refractivity contribution in [1.29, 1.82) is 0 Å². The molecule has 0 atom stereocenters. The first-order chi connectivity index (χ1) is 16.9. The van der Waals surface area contributed by atoms with Crippen LogP contribution in [0.2, 0.25) is 0 Å². The van der Waals surface area contributed by atoms with Gasteiger partial charge in [0.1, 0.15) is 6.54 Å². The second-order valence-electron chi connectivity index (χ2n) is 9.00. The number of hydrogen-bond donors (Lipinski definition) is 1. The first-order valence-electron chi connectivity index (χ1n) is 12.2. The van der Waals surface area contributed by atoms with E-state index in [0.717, 1.165) is 56.7 Å². The first-order valence-corrected chi connectivity index (χ1v) is 12.2. The molecule has 3 heterocycles. The molecule has 0 aliphatic carbocycles. The Morgan fingerprint density at radius 1 is 1.14 bits per heavy atom. The Balaban J connectivity index is 1.68. The molecule has 0 spiro atoms. The Morgan fingerprint density at radius 3 is 2.51 bits per heavy atom. The third-order valence-electron chi connectivity index (χ3n) is 6.35. The molecule has 0 amide bonds. The molecule has 2 fully saturated rings. The lowest BCUT2D eigenvalue weighted by Gasteiger charge is -2.25. The fourth-order valence-corrected chi connectivity index (χ4v) is 4.72. The molecule has 4 rings (SSSR count). The number of ether oxygens (including phenoxy) is 1. The number of carbonyl (C=O) groups excluding carboxylic acids is 1. The van der Waals surface area contributed by atoms with Crippen molar-refractivity contribution in [2.45, 2.75) is 45.7 Å². The zero-order valence-corrected chi connectivity index (χ0v) is 20.2. The van der Waals surface area contributed by atoms with Gasteiger partial charge in [0.2, 0.25) is 17.6 Å². The number of likely N-dealkylation sites (tertiary alicyclic amines) is 1. The Bertz CT molecular complexity index is 1050. The maximum atomic E-state index is 12.5. The smallest absolute Gasteiger partial charge is 0.353 e. The monoisotopic (exact) mass is 483 g/mol. The maximum absolute atomic E-state index is 12.5. The predicted octanol–water partition coefficient (Wildman–Crippen LogP) is 2.73. The number of carbonyl (C=O) groups is 1. The summed E-state index contributed by atoms with van der Waals surface area (Å²) in [6.07, 6.45) is 4.41. The average molecular weight is 484 g/mol. The van der Waals surface area contributed by atoms with Crippen LogP contribution in [0, 0.1) is 10.1 Å². The van der Waals surface area contributed by atoms with Crippen LogP contribution in [-0.2, 0) is 22.6 Å². The minimum atomic E-state index is -0.583. The lowest BCUT2D eigenvalue weighted by atomic mass is 10.1. The minimum Gasteiger partial charge on any atom is -0.465 e. The van der Waals surface area contributed by atoms with E-state index in [-0.39, 0.29) is 31.3 Å². The highest BCUT2D eigenvalue weighted by Gasteiger charge is 2.31. The van der Waals surface area contributed by atoms with Crippen LogP contribution in [0.3, 0.4) is 0 Å². The molecule has 0 bridgehead atoms. The average Bonchev–Trinajstić information content (AvgIpc) is 3.53. The number of hydrogen-bond acceptors (Lipinski definition) is 10. The van der Waals surface area contributed by atoms with Gasteiger partial charge >= 0.3 is 11.7 Å². The zero-order chi connectivity index (χ0) is 24.8. The van der Waals surface area contributed by atoms with Gasteiger partial charge in [-0.3, -0.25) is 19.8 Å². The summed E-state index contributed by atoms with van der Waals surface area (Å²) in [5.41, 5.74) is 7.74. The molecule has 35 heavy (non-hydrogen) atoms. The molecule has 11 nitrogen and oxygen atoms in total. The fraction of sp³-hybridized carbons (Fsp3) is 0.542. The summed E-state index contributed by atoms with van der Waals surface area (Å²) in [4.78, 5) is 38.6. The quantitative estimate of drug-likeness (QED) is 0.306. The maximum Gasteiger partial charge on any atom is 0.353 e. The van der Waals surface area contributed by atoms with Gasteiger partial charge in [-0.1, -0.05) is 24.3 Å². The van der Waals surface area contributed by atoms with E-state index in [2.05, 4.69) is 27.0 Å². The number of rotatable bonds is 10. The number of esters is 1. The summed E-state index contributed by atoms with van der Waals surface area (Å²) in [6.45, 7) is 6.53. The van der Waals surface area contributed by atoms with Gasteiger partial charge in [-0.05, 0) is 56.8 Å². The topological polar surface area (TPSA) is 131 Å². The van der Waals surface area contributed by atoms with Crippen molar-refractivity contribution in [3.8, 4) is 0 Å². The number of nitro groups is 1. The highest BCUT2D eigenvalue weighted by Crippen LogP contribution is 2.34. The molecule has 2 N–H and O–H groups in total. The van der Waals surface area contributed by atoms with Crippen molar-refractivity contribution in [2.75, 3.05) is 54.9 Å². The van der Waals surface area contributed by atoms with Crippen LogP contribution in [0.1, 0.15) is 43.7 Å². The molecule has 0 saturated carbocycles. The van der Waals surface area contributed by atoms with Gasteiger partial charge < -0.3 is 20.3 Å². The van der Waals surface area contributed by atoms with Crippen molar-refractivity contribution in [3.63, 3.8) is 0 Å². The van der Waals surface area contributed by atoms with E-state index in [1.807, 2.05) is 17.0 Å². The van der Waals surface area contributed by atoms with E-state index in [0.29, 0.717) is 5.95 Å². The van der Waals surface area contributed by atoms with E-state index in [1.165, 1.54) is 12.8 Å². The molecular weight excluding hydrogens is 450 g/mol. The van der Waals surface area contributed by atoms with Crippen LogP contribution < -0.4 is 15.5 Å². The lowest BCUT2D eigenvalue weighted by Crippen LogP contribution is -2.33. The summed E-state index contributed by atoms with van der Waals surface area (Å²) < 4.78 is 5.16. The highest BCUT2D eigenvalue weighted by molar-refractivity contribution is 5.79. The molecule has 2 aromatic rings. The van der Waals surface area contributed by atoms with Gasteiger partial charge in [0.05, 0.1) is 11.5 Å². The van der Waals surface area contributed by atoms with Crippen LogP contribution in [0.25, 0.3) is 0 Å². The molecule has 1 aromatic heterocycles. The van der Waals surface area contributed by atoms with Gasteiger partial charge in [-0.2, -0.15) is 9.97 Å². The van der Waals surface area contributed by atoms with Crippen molar-refractivity contribution in [1.82, 2.24) is 14.9 Å². The largest absolute Gasteiger partial charge is 0.465 e. The summed E-state index contributed by atoms with van der Waals surface area (Å²) in [5, 5.41) is 12.0. The standard InChI is InChI=1S/C24H33N7O4/c1-2-35-20(32)17-30(16-19-9-7-8-18(14-19)15-28-10-3-4-11-28)23-21(31(33)34)22(25)26-24(27-23)29-12-5-6-13-29/h7-9,14H,2-6,10-13,15-17H2,1H3,(H2,25,26,27). The fourth-order valence-electron chi connectivity index (χ4n) is 4.72. The third kappa shape index (κ3) is 6.16. The minimum absolute atomic E-state index is 0.0300. The Labute approximate surface area is 205 Å². The van der Waals surface area contributed by atoms with E-state index in [9.17, 15) is 14.9 Å². The van der Waals surface area contributed by atoms with Gasteiger partial charge in [-0.25, -0.2) is 0 Å². The SMILES string of the molecule is CCOC(=O)CN(Cc1cccc(CN2CCCC2)c1)c1nc(N2CCCC2)nc(N)c1[N+](=O)[O-]. The van der Waals surface area contributed by atoms with Crippen LogP contribution in [0.4, 0.5) is 23.3 Å². The number of aromatic nitrogens is 2. The first kappa shape index (κ1) is 24.6. The molecular formula is C24H33N7O4. The lowest BCUT2D eigenvalue weighted by molar-refractivity contribution is -0.383. The number of nitrogens with zero attached hydrogens (tertiary/aromatic N) is 6. The highest BCUT2D eigenvalue weighted by atomic mass is 16.6. The van der Waals surface area contributed by atoms with Crippen LogP contribution in [-0.4, -0.2) is 65.1 Å². The summed E-state index contributed by atoms with van der Waals surface area (Å²) in [6, 6.07) is 8.08. The van der Waals surface area contributed by atoms with Gasteiger partial charge in [0.25, 0.3) is 0 Å². The molecule has 0 unspecified atom stereocenters. The zero-order valence-electron chi connectivity index (χ0n) is 20.2. The number of anilines is 3. The summed E-state index contributed by atoms with van der Waals surface area (Å²) in [7, 11) is 0. The Hall–Kier alpha value is -3.47. The second-order valence-corrected chi connectivity index (χ2v) is 9.00. The number of benzene rings is 1. The molecule has 2 saturated heterocycles. The van der Waals surface area contributed by atoms with Crippen LogP contribution >= 0.6 is 0 Å². The summed E-state index contributed by atoms with van der Waals surface area (Å²) >= 11 is 0. The molecule has 11 heteroatoms. The van der Waals surface area contributed by atoms with Gasteiger partial charge in [0, 0.05) is 26.2 Å². The Morgan fingerprint density at radius 2 is 1.83 bits per heavy atom. The second kappa shape index (κ2) is 11.3. The van der Waals surface area contributed by atoms with Crippen molar-refractivity contribution >= 4 is 29.2 Å². The molecule has 2 aliphatic heterocycles.